The monoisotopic (exact) mass is 310 g/mol. The number of aryl methyl sites for hydroxylation is 2. The third-order valence-corrected chi connectivity index (χ3v) is 4.22. The van der Waals surface area contributed by atoms with Gasteiger partial charge in [0.05, 0.1) is 16.3 Å². The molecule has 0 saturated heterocycles. The highest BCUT2D eigenvalue weighted by Gasteiger charge is 2.14. The van der Waals surface area contributed by atoms with Crippen molar-refractivity contribution in [3.8, 4) is 5.75 Å². The molecule has 1 aromatic carbocycles. The lowest BCUT2D eigenvalue weighted by molar-refractivity contribution is 0.101. The topological polar surface area (TPSA) is 55.1 Å². The normalized spacial score (nSPS) is 10.8. The van der Waals surface area contributed by atoms with Crippen LogP contribution in [-0.2, 0) is 12.8 Å². The maximum Gasteiger partial charge on any atom is 0.163 e. The number of hydrogen-bond donors (Lipinski definition) is 1. The van der Waals surface area contributed by atoms with Gasteiger partial charge in [0.15, 0.2) is 5.78 Å². The Hall–Kier alpha value is -1.46. The van der Waals surface area contributed by atoms with Crippen molar-refractivity contribution in [3.63, 3.8) is 0 Å². The number of ketones is 1. The Bertz CT molecular complexity index is 667. The van der Waals surface area contributed by atoms with E-state index in [0.717, 1.165) is 10.7 Å². The fourth-order valence-electron chi connectivity index (χ4n) is 1.91. The number of thioether (sulfide) groups is 1. The van der Waals surface area contributed by atoms with Crippen molar-refractivity contribution >= 4 is 29.1 Å². The predicted molar refractivity (Wildman–Crippen MR) is 80.6 cm³/mol. The van der Waals surface area contributed by atoms with Crippen LogP contribution in [0.1, 0.15) is 28.5 Å². The summed E-state index contributed by atoms with van der Waals surface area (Å²) in [5.41, 5.74) is 1.84. The summed E-state index contributed by atoms with van der Waals surface area (Å²) in [6.45, 7) is 3.33. The number of benzene rings is 1. The van der Waals surface area contributed by atoms with E-state index in [0.29, 0.717) is 16.3 Å². The molecular formula is C14H15ClN2O2S. The van der Waals surface area contributed by atoms with E-state index in [9.17, 15) is 9.90 Å². The Morgan fingerprint density at radius 1 is 1.45 bits per heavy atom. The molecule has 0 radical (unpaired) electrons. The third kappa shape index (κ3) is 3.16. The van der Waals surface area contributed by atoms with Gasteiger partial charge in [0.25, 0.3) is 0 Å². The Morgan fingerprint density at radius 2 is 2.15 bits per heavy atom. The first-order valence-electron chi connectivity index (χ1n) is 6.04. The lowest BCUT2D eigenvalue weighted by Gasteiger charge is -2.09. The molecule has 2 aromatic rings. The number of halogens is 1. The van der Waals surface area contributed by atoms with Crippen LogP contribution in [0, 0.1) is 6.92 Å². The summed E-state index contributed by atoms with van der Waals surface area (Å²) in [6.07, 6.45) is 0. The van der Waals surface area contributed by atoms with E-state index in [1.54, 1.807) is 10.7 Å². The molecule has 0 bridgehead atoms. The van der Waals surface area contributed by atoms with E-state index in [4.69, 9.17) is 11.6 Å². The summed E-state index contributed by atoms with van der Waals surface area (Å²) in [5.74, 6) is 0.326. The van der Waals surface area contributed by atoms with Crippen LogP contribution < -0.4 is 0 Å². The number of carbonyl (C=O) groups is 1. The smallest absolute Gasteiger partial charge is 0.163 e. The Kier molecular flexibility index (Phi) is 4.40. The number of phenols is 1. The quantitative estimate of drug-likeness (QED) is 0.692. The molecule has 0 spiro atoms. The fourth-order valence-corrected chi connectivity index (χ4v) is 3.15. The number of hydrogen-bond acceptors (Lipinski definition) is 4. The minimum atomic E-state index is -0.201. The van der Waals surface area contributed by atoms with Crippen LogP contribution in [0.3, 0.4) is 0 Å². The van der Waals surface area contributed by atoms with Gasteiger partial charge < -0.3 is 5.11 Å². The van der Waals surface area contributed by atoms with Crippen LogP contribution in [0.2, 0.25) is 5.02 Å². The highest BCUT2D eigenvalue weighted by Crippen LogP contribution is 2.32. The average Bonchev–Trinajstić information content (AvgIpc) is 2.68. The molecule has 0 aliphatic carbocycles. The molecule has 0 aliphatic rings. The van der Waals surface area contributed by atoms with Crippen LogP contribution in [-0.4, -0.2) is 20.7 Å². The molecule has 0 unspecified atom stereocenters. The zero-order valence-electron chi connectivity index (χ0n) is 11.5. The van der Waals surface area contributed by atoms with Crippen LogP contribution in [0.25, 0.3) is 0 Å². The number of phenolic OH excluding ortho intramolecular Hbond substituents is 1. The second-order valence-electron chi connectivity index (χ2n) is 4.55. The van der Waals surface area contributed by atoms with Crippen LogP contribution in [0.4, 0.5) is 0 Å². The summed E-state index contributed by atoms with van der Waals surface area (Å²) in [4.78, 5) is 11.5. The van der Waals surface area contributed by atoms with Crippen molar-refractivity contribution in [2.24, 2.45) is 7.05 Å². The summed E-state index contributed by atoms with van der Waals surface area (Å²) >= 11 is 7.53. The van der Waals surface area contributed by atoms with E-state index in [-0.39, 0.29) is 17.1 Å². The molecule has 2 rings (SSSR count). The fraction of sp³-hybridized carbons (Fsp3) is 0.286. The van der Waals surface area contributed by atoms with Crippen molar-refractivity contribution in [2.75, 3.05) is 0 Å². The highest BCUT2D eigenvalue weighted by atomic mass is 35.5. The lowest BCUT2D eigenvalue weighted by atomic mass is 10.1. The second kappa shape index (κ2) is 5.89. The van der Waals surface area contributed by atoms with Gasteiger partial charge in [-0.05, 0) is 32.0 Å². The largest absolute Gasteiger partial charge is 0.507 e. The molecular weight excluding hydrogens is 296 g/mol. The first-order chi connectivity index (χ1) is 9.38. The van der Waals surface area contributed by atoms with Gasteiger partial charge in [-0.3, -0.25) is 9.48 Å². The van der Waals surface area contributed by atoms with Crippen LogP contribution in [0.5, 0.6) is 5.75 Å². The van der Waals surface area contributed by atoms with E-state index < -0.39 is 0 Å². The van der Waals surface area contributed by atoms with Crippen molar-refractivity contribution in [1.29, 1.82) is 0 Å². The molecule has 1 heterocycles. The van der Waals surface area contributed by atoms with Gasteiger partial charge in [-0.25, -0.2) is 0 Å². The molecule has 106 valence electrons. The Balaban J connectivity index is 2.25. The molecule has 0 saturated carbocycles. The Labute approximate surface area is 126 Å². The number of nitrogens with zero attached hydrogens (tertiary/aromatic N) is 2. The Morgan fingerprint density at radius 3 is 2.70 bits per heavy atom. The van der Waals surface area contributed by atoms with Crippen molar-refractivity contribution < 1.29 is 9.90 Å². The number of carbonyl (C=O) groups excluding carboxylic acids is 1. The average molecular weight is 311 g/mol. The molecule has 0 aliphatic heterocycles. The van der Waals surface area contributed by atoms with Gasteiger partial charge in [0.2, 0.25) is 0 Å². The molecule has 1 N–H and O–H groups in total. The zero-order valence-corrected chi connectivity index (χ0v) is 13.0. The van der Waals surface area contributed by atoms with E-state index in [1.165, 1.54) is 24.8 Å². The molecule has 0 atom stereocenters. The number of rotatable bonds is 4. The first kappa shape index (κ1) is 14.9. The van der Waals surface area contributed by atoms with Crippen molar-refractivity contribution in [1.82, 2.24) is 9.78 Å². The third-order valence-electron chi connectivity index (χ3n) is 2.87. The number of aromatic hydroxyl groups is 1. The van der Waals surface area contributed by atoms with Gasteiger partial charge in [0, 0.05) is 23.4 Å². The molecule has 1 aromatic heterocycles. The van der Waals surface area contributed by atoms with Crippen LogP contribution in [0.15, 0.2) is 23.2 Å². The first-order valence-corrected chi connectivity index (χ1v) is 7.40. The van der Waals surface area contributed by atoms with Gasteiger partial charge in [-0.2, -0.15) is 5.10 Å². The van der Waals surface area contributed by atoms with Gasteiger partial charge in [-0.15, -0.1) is 11.8 Å². The highest BCUT2D eigenvalue weighted by molar-refractivity contribution is 7.98. The van der Waals surface area contributed by atoms with Gasteiger partial charge in [0.1, 0.15) is 5.75 Å². The minimum Gasteiger partial charge on any atom is -0.507 e. The predicted octanol–water partition coefficient (Wildman–Crippen LogP) is 3.58. The van der Waals surface area contributed by atoms with Crippen molar-refractivity contribution in [3.05, 3.63) is 40.0 Å². The summed E-state index contributed by atoms with van der Waals surface area (Å²) in [6, 6.07) is 5.14. The van der Waals surface area contributed by atoms with E-state index in [2.05, 4.69) is 5.10 Å². The zero-order chi connectivity index (χ0) is 14.9. The maximum absolute atomic E-state index is 11.5. The molecule has 0 fully saturated rings. The van der Waals surface area contributed by atoms with Crippen molar-refractivity contribution in [2.45, 2.75) is 24.6 Å². The minimum absolute atomic E-state index is 0.00768. The molecule has 0 amide bonds. The second-order valence-corrected chi connectivity index (χ2v) is 5.99. The van der Waals surface area contributed by atoms with Gasteiger partial charge in [-0.1, -0.05) is 11.6 Å². The molecule has 4 nitrogen and oxygen atoms in total. The molecule has 20 heavy (non-hydrogen) atoms. The van der Waals surface area contributed by atoms with Crippen LogP contribution >= 0.6 is 23.4 Å². The lowest BCUT2D eigenvalue weighted by Crippen LogP contribution is -1.97. The number of aromatic nitrogens is 2. The summed E-state index contributed by atoms with van der Waals surface area (Å²) in [5, 5.41) is 15.8. The maximum atomic E-state index is 11.5. The number of Topliss-reactive ketones (excluding diaryl/α,β-unsaturated/α-hetero) is 1. The van der Waals surface area contributed by atoms with E-state index in [1.807, 2.05) is 20.0 Å². The summed E-state index contributed by atoms with van der Waals surface area (Å²) in [7, 11) is 1.87. The SMILES string of the molecule is CC(=O)c1cc(Cl)cc(CSc2cc(C)nn2C)c1O. The standard InChI is InChI=1S/C14H15ClN2O2S/c1-8-4-13(17(3)16-8)20-7-10-5-11(15)6-12(9(2)18)14(10)19/h4-6,19H,7H2,1-3H3. The molecule has 6 heteroatoms. The van der Waals surface area contributed by atoms with E-state index >= 15 is 0 Å². The summed E-state index contributed by atoms with van der Waals surface area (Å²) < 4.78 is 1.79. The van der Waals surface area contributed by atoms with Gasteiger partial charge >= 0.3 is 0 Å².